The number of esters is 2. The van der Waals surface area contributed by atoms with Crippen LogP contribution in [-0.2, 0) is 14.3 Å². The highest BCUT2D eigenvalue weighted by atomic mass is 16.6. The maximum Gasteiger partial charge on any atom is 0.338 e. The number of furan rings is 1. The third kappa shape index (κ3) is 3.48. The van der Waals surface area contributed by atoms with Crippen LogP contribution >= 0.6 is 0 Å². The predicted molar refractivity (Wildman–Crippen MR) is 119 cm³/mol. The zero-order valence-electron chi connectivity index (χ0n) is 18.2. The maximum absolute atomic E-state index is 13.0. The number of carbonyl (C=O) groups excluding carboxylic acids is 2. The first kappa shape index (κ1) is 21.3. The number of hydrogen-bond donors (Lipinski definition) is 1. The summed E-state index contributed by atoms with van der Waals surface area (Å²) in [4.78, 5) is 25.2. The molecule has 3 heterocycles. The first-order valence-electron chi connectivity index (χ1n) is 10.8. The van der Waals surface area contributed by atoms with Crippen molar-refractivity contribution in [3.05, 3.63) is 89.0 Å². The van der Waals surface area contributed by atoms with E-state index in [9.17, 15) is 14.9 Å². The highest BCUT2D eigenvalue weighted by Crippen LogP contribution is 2.51. The number of hydrogen-bond acceptors (Lipinski definition) is 8. The molecule has 8 nitrogen and oxygen atoms in total. The first-order chi connectivity index (χ1) is 16.5. The van der Waals surface area contributed by atoms with Crippen LogP contribution < -0.4 is 10.5 Å². The summed E-state index contributed by atoms with van der Waals surface area (Å²) in [6, 6.07) is 19.4. The van der Waals surface area contributed by atoms with Crippen LogP contribution in [0.3, 0.4) is 0 Å². The average Bonchev–Trinajstić information content (AvgIpc) is 3.33. The molecule has 0 radical (unpaired) electrons. The number of nitriles is 1. The van der Waals surface area contributed by atoms with Crippen molar-refractivity contribution in [2.24, 2.45) is 11.7 Å². The van der Waals surface area contributed by atoms with Gasteiger partial charge in [-0.3, -0.25) is 4.79 Å². The molecule has 2 N–H and O–H groups in total. The summed E-state index contributed by atoms with van der Waals surface area (Å²) < 4.78 is 22.6. The Morgan fingerprint density at radius 2 is 1.97 bits per heavy atom. The molecule has 3 unspecified atom stereocenters. The molecular formula is C26H20N2O6. The van der Waals surface area contributed by atoms with Crippen molar-refractivity contribution in [3.8, 4) is 23.1 Å². The van der Waals surface area contributed by atoms with Crippen LogP contribution in [0.5, 0.6) is 5.75 Å². The van der Waals surface area contributed by atoms with Gasteiger partial charge < -0.3 is 24.4 Å². The predicted octanol–water partition coefficient (Wildman–Crippen LogP) is 4.21. The second-order valence-electron chi connectivity index (χ2n) is 7.89. The third-order valence-corrected chi connectivity index (χ3v) is 5.94. The highest BCUT2D eigenvalue weighted by Gasteiger charge is 2.51. The second kappa shape index (κ2) is 8.45. The number of para-hydroxylation sites is 1. The Morgan fingerprint density at radius 3 is 2.76 bits per heavy atom. The van der Waals surface area contributed by atoms with Crippen molar-refractivity contribution in [2.75, 3.05) is 6.61 Å². The third-order valence-electron chi connectivity index (χ3n) is 5.94. The number of ether oxygens (including phenoxy) is 3. The first-order valence-corrected chi connectivity index (χ1v) is 10.8. The molecule has 0 aliphatic carbocycles. The van der Waals surface area contributed by atoms with Gasteiger partial charge in [-0.25, -0.2) is 4.79 Å². The Kier molecular flexibility index (Phi) is 5.30. The number of allylic oxidation sites excluding steroid dienone is 1. The summed E-state index contributed by atoms with van der Waals surface area (Å²) in [5.41, 5.74) is 7.92. The molecule has 2 aliphatic rings. The van der Waals surface area contributed by atoms with Crippen LogP contribution in [0.4, 0.5) is 0 Å². The Balaban J connectivity index is 1.56. The minimum absolute atomic E-state index is 0.0551. The SMILES string of the molecule is CCOC(=O)c1cccc(-c2ccc(C3C(C#N)=C(N)OC4c5ccccc5OC(=O)C43)o2)c1. The lowest BCUT2D eigenvalue weighted by Gasteiger charge is -2.39. The molecule has 170 valence electrons. The molecule has 0 bridgehead atoms. The molecule has 0 amide bonds. The average molecular weight is 456 g/mol. The van der Waals surface area contributed by atoms with E-state index >= 15 is 0 Å². The van der Waals surface area contributed by atoms with Crippen LogP contribution in [0.15, 0.2) is 76.5 Å². The summed E-state index contributed by atoms with van der Waals surface area (Å²) in [7, 11) is 0. The number of fused-ring (bicyclic) bond motifs is 3. The topological polar surface area (TPSA) is 125 Å². The van der Waals surface area contributed by atoms with Crippen molar-refractivity contribution < 1.29 is 28.2 Å². The molecule has 0 fully saturated rings. The van der Waals surface area contributed by atoms with E-state index in [0.29, 0.717) is 34.0 Å². The van der Waals surface area contributed by atoms with E-state index < -0.39 is 29.9 Å². The molecule has 0 saturated heterocycles. The molecule has 3 atom stereocenters. The van der Waals surface area contributed by atoms with Gasteiger partial charge in [-0.15, -0.1) is 0 Å². The van der Waals surface area contributed by atoms with E-state index in [1.54, 1.807) is 61.5 Å². The van der Waals surface area contributed by atoms with Crippen LogP contribution in [0.25, 0.3) is 11.3 Å². The fourth-order valence-corrected chi connectivity index (χ4v) is 4.42. The molecule has 5 rings (SSSR count). The van der Waals surface area contributed by atoms with Crippen molar-refractivity contribution in [1.29, 1.82) is 5.26 Å². The highest BCUT2D eigenvalue weighted by molar-refractivity contribution is 5.90. The Morgan fingerprint density at radius 1 is 1.15 bits per heavy atom. The summed E-state index contributed by atoms with van der Waals surface area (Å²) in [6.45, 7) is 2.01. The smallest absolute Gasteiger partial charge is 0.338 e. The van der Waals surface area contributed by atoms with Gasteiger partial charge in [0, 0.05) is 11.1 Å². The normalized spacial score (nSPS) is 20.9. The molecule has 3 aromatic rings. The Hall–Kier alpha value is -4.51. The van der Waals surface area contributed by atoms with Crippen molar-refractivity contribution in [2.45, 2.75) is 18.9 Å². The second-order valence-corrected chi connectivity index (χ2v) is 7.89. The number of rotatable bonds is 4. The molecule has 2 aliphatic heterocycles. The van der Waals surface area contributed by atoms with Gasteiger partial charge in [0.1, 0.15) is 40.9 Å². The molecule has 0 saturated carbocycles. The largest absolute Gasteiger partial charge is 0.469 e. The lowest BCUT2D eigenvalue weighted by molar-refractivity contribution is -0.149. The summed E-state index contributed by atoms with van der Waals surface area (Å²) in [6.07, 6.45) is -0.722. The monoisotopic (exact) mass is 456 g/mol. The molecule has 2 aromatic carbocycles. The summed E-state index contributed by atoms with van der Waals surface area (Å²) in [5.74, 6) is -1.45. The number of carbonyl (C=O) groups is 2. The molecular weight excluding hydrogens is 436 g/mol. The van der Waals surface area contributed by atoms with E-state index in [1.807, 2.05) is 6.07 Å². The van der Waals surface area contributed by atoms with Crippen molar-refractivity contribution in [1.82, 2.24) is 0 Å². The van der Waals surface area contributed by atoms with Gasteiger partial charge in [0.2, 0.25) is 0 Å². The van der Waals surface area contributed by atoms with Crippen LogP contribution in [-0.4, -0.2) is 18.5 Å². The van der Waals surface area contributed by atoms with E-state index in [4.69, 9.17) is 24.4 Å². The van der Waals surface area contributed by atoms with E-state index in [2.05, 4.69) is 6.07 Å². The summed E-state index contributed by atoms with van der Waals surface area (Å²) >= 11 is 0. The summed E-state index contributed by atoms with van der Waals surface area (Å²) in [5, 5.41) is 9.82. The van der Waals surface area contributed by atoms with Crippen LogP contribution in [0.1, 0.15) is 40.6 Å². The van der Waals surface area contributed by atoms with Gasteiger partial charge in [0.05, 0.1) is 18.1 Å². The molecule has 8 heteroatoms. The van der Waals surface area contributed by atoms with Crippen molar-refractivity contribution in [3.63, 3.8) is 0 Å². The van der Waals surface area contributed by atoms with Gasteiger partial charge in [0.15, 0.2) is 5.88 Å². The van der Waals surface area contributed by atoms with Gasteiger partial charge in [0.25, 0.3) is 0 Å². The van der Waals surface area contributed by atoms with Gasteiger partial charge >= 0.3 is 11.9 Å². The van der Waals surface area contributed by atoms with E-state index in [0.717, 1.165) is 0 Å². The molecule has 34 heavy (non-hydrogen) atoms. The number of nitrogens with zero attached hydrogens (tertiary/aromatic N) is 1. The standard InChI is InChI=1S/C26H20N2O6/c1-2-31-25(29)15-7-5-6-14(12-15)18-10-11-20(32-18)21-17(13-27)24(28)34-23-16-8-3-4-9-19(16)33-26(30)22(21)23/h3-12,21-23H,2,28H2,1H3. The van der Waals surface area contributed by atoms with Crippen LogP contribution in [0.2, 0.25) is 0 Å². The van der Waals surface area contributed by atoms with Crippen LogP contribution in [0, 0.1) is 17.2 Å². The fraction of sp³-hybridized carbons (Fsp3) is 0.192. The maximum atomic E-state index is 13.0. The molecule has 0 spiro atoms. The van der Waals surface area contributed by atoms with Gasteiger partial charge in [-0.1, -0.05) is 30.3 Å². The lowest BCUT2D eigenvalue weighted by Crippen LogP contribution is -2.41. The zero-order valence-corrected chi connectivity index (χ0v) is 18.2. The fourth-order valence-electron chi connectivity index (χ4n) is 4.42. The zero-order chi connectivity index (χ0) is 23.8. The Labute approximate surface area is 195 Å². The number of nitrogens with two attached hydrogens (primary N) is 1. The lowest BCUT2D eigenvalue weighted by atomic mass is 9.76. The van der Waals surface area contributed by atoms with E-state index in [1.165, 1.54) is 0 Å². The quantitative estimate of drug-likeness (QED) is 0.457. The van der Waals surface area contributed by atoms with Gasteiger partial charge in [-0.05, 0) is 37.3 Å². The molecule has 1 aromatic heterocycles. The minimum Gasteiger partial charge on any atom is -0.469 e. The van der Waals surface area contributed by atoms with Gasteiger partial charge in [-0.2, -0.15) is 5.26 Å². The van der Waals surface area contributed by atoms with Crippen molar-refractivity contribution >= 4 is 11.9 Å². The minimum atomic E-state index is -0.860. The Bertz CT molecular complexity index is 1370. The number of benzene rings is 2. The van der Waals surface area contributed by atoms with E-state index in [-0.39, 0.29) is 18.1 Å².